The number of ether oxygens (including phenoxy) is 2. The summed E-state index contributed by atoms with van der Waals surface area (Å²) in [5, 5.41) is 24.7. The lowest BCUT2D eigenvalue weighted by molar-refractivity contribution is -0.384. The number of anilines is 1. The summed E-state index contributed by atoms with van der Waals surface area (Å²) in [6, 6.07) is 8.59. The summed E-state index contributed by atoms with van der Waals surface area (Å²) in [5.41, 5.74) is 0.396. The summed E-state index contributed by atoms with van der Waals surface area (Å²) < 4.78 is 46.9. The van der Waals surface area contributed by atoms with E-state index >= 15 is 0 Å². The number of amides is 1. The first-order valence-electron chi connectivity index (χ1n) is 8.56. The number of nitrogens with zero attached hydrogens (tertiary/aromatic N) is 5. The minimum atomic E-state index is -4.81. The Balaban J connectivity index is 1.65. The van der Waals surface area contributed by atoms with Gasteiger partial charge in [0.15, 0.2) is 0 Å². The smallest absolute Gasteiger partial charge is 0.494 e. The zero-order valence-corrected chi connectivity index (χ0v) is 16.9. The Morgan fingerprint density at radius 2 is 1.97 bits per heavy atom. The standard InChI is InChI=1S/C17H13F3N6O5S/c1-30-14-8-11(26(28)29)4-7-13(14)21-15(27)9-32-16-22-23-24-25(16)10-2-5-12(6-3-10)31-17(18,19)20/h2-8H,9H2,1H3,(H,21,27). The van der Waals surface area contributed by atoms with Crippen LogP contribution in [0, 0.1) is 10.1 Å². The van der Waals surface area contributed by atoms with Gasteiger partial charge >= 0.3 is 6.36 Å². The summed E-state index contributed by atoms with van der Waals surface area (Å²) in [5.74, 6) is -0.885. The zero-order chi connectivity index (χ0) is 23.3. The van der Waals surface area contributed by atoms with Crippen molar-refractivity contribution in [3.8, 4) is 17.2 Å². The molecular weight excluding hydrogens is 457 g/mol. The van der Waals surface area contributed by atoms with Gasteiger partial charge < -0.3 is 14.8 Å². The van der Waals surface area contributed by atoms with Crippen LogP contribution in [0.4, 0.5) is 24.5 Å². The number of nitro groups is 1. The second kappa shape index (κ2) is 9.51. The Labute approximate surface area is 181 Å². The number of thioether (sulfide) groups is 1. The number of carbonyl (C=O) groups is 1. The number of carbonyl (C=O) groups excluding carboxylic acids is 1. The van der Waals surface area contributed by atoms with Gasteiger partial charge in [0, 0.05) is 6.07 Å². The molecular formula is C17H13F3N6O5S. The van der Waals surface area contributed by atoms with Gasteiger partial charge in [-0.25, -0.2) is 0 Å². The van der Waals surface area contributed by atoms with Crippen LogP contribution >= 0.6 is 11.8 Å². The zero-order valence-electron chi connectivity index (χ0n) is 16.1. The molecule has 0 aliphatic heterocycles. The lowest BCUT2D eigenvalue weighted by Crippen LogP contribution is -2.17. The highest BCUT2D eigenvalue weighted by Crippen LogP contribution is 2.29. The fraction of sp³-hybridized carbons (Fsp3) is 0.176. The summed E-state index contributed by atoms with van der Waals surface area (Å²) in [4.78, 5) is 22.6. The molecule has 0 fully saturated rings. The molecule has 1 aromatic heterocycles. The number of tetrazole rings is 1. The number of benzene rings is 2. The molecule has 15 heteroatoms. The van der Waals surface area contributed by atoms with E-state index in [2.05, 4.69) is 25.6 Å². The summed E-state index contributed by atoms with van der Waals surface area (Å²) >= 11 is 0.966. The topological polar surface area (TPSA) is 134 Å². The van der Waals surface area contributed by atoms with Gasteiger partial charge in [0.25, 0.3) is 5.69 Å². The van der Waals surface area contributed by atoms with Crippen molar-refractivity contribution in [1.29, 1.82) is 0 Å². The maximum atomic E-state index is 12.3. The summed E-state index contributed by atoms with van der Waals surface area (Å²) in [6.07, 6.45) is -4.81. The Hall–Kier alpha value is -3.88. The second-order valence-corrected chi connectivity index (χ2v) is 6.84. The lowest BCUT2D eigenvalue weighted by Gasteiger charge is -2.10. The molecule has 2 aromatic carbocycles. The first-order valence-corrected chi connectivity index (χ1v) is 9.54. The van der Waals surface area contributed by atoms with E-state index in [9.17, 15) is 28.1 Å². The van der Waals surface area contributed by atoms with Gasteiger partial charge in [-0.05, 0) is 40.8 Å². The molecule has 32 heavy (non-hydrogen) atoms. The van der Waals surface area contributed by atoms with E-state index in [-0.39, 0.29) is 28.0 Å². The van der Waals surface area contributed by atoms with Crippen LogP contribution in [0.25, 0.3) is 5.69 Å². The maximum absolute atomic E-state index is 12.3. The van der Waals surface area contributed by atoms with E-state index in [1.165, 1.54) is 42.1 Å². The summed E-state index contributed by atoms with van der Waals surface area (Å²) in [6.45, 7) is 0. The van der Waals surface area contributed by atoms with Gasteiger partial charge in [-0.1, -0.05) is 11.8 Å². The Kier molecular flexibility index (Phi) is 6.77. The molecule has 1 heterocycles. The predicted octanol–water partition coefficient (Wildman–Crippen LogP) is 3.21. The number of alkyl halides is 3. The fourth-order valence-corrected chi connectivity index (χ4v) is 3.12. The van der Waals surface area contributed by atoms with Crippen LogP contribution in [0.2, 0.25) is 0 Å². The first-order chi connectivity index (χ1) is 15.2. The second-order valence-electron chi connectivity index (χ2n) is 5.89. The molecule has 0 saturated carbocycles. The fourth-order valence-electron chi connectivity index (χ4n) is 2.43. The average Bonchev–Trinajstić information content (AvgIpc) is 3.20. The minimum Gasteiger partial charge on any atom is -0.494 e. The van der Waals surface area contributed by atoms with Crippen molar-refractivity contribution < 1.29 is 32.4 Å². The van der Waals surface area contributed by atoms with Crippen LogP contribution in [0.3, 0.4) is 0 Å². The lowest BCUT2D eigenvalue weighted by atomic mass is 10.2. The number of hydrogen-bond acceptors (Lipinski definition) is 9. The van der Waals surface area contributed by atoms with E-state index < -0.39 is 22.9 Å². The number of nitro benzene ring substituents is 1. The van der Waals surface area contributed by atoms with Crippen LogP contribution in [-0.4, -0.2) is 50.3 Å². The third kappa shape index (κ3) is 5.84. The number of aromatic nitrogens is 4. The Morgan fingerprint density at radius 1 is 1.25 bits per heavy atom. The van der Waals surface area contributed by atoms with Gasteiger partial charge in [-0.2, -0.15) is 4.68 Å². The van der Waals surface area contributed by atoms with Crippen LogP contribution in [0.15, 0.2) is 47.6 Å². The van der Waals surface area contributed by atoms with E-state index in [0.29, 0.717) is 5.69 Å². The Morgan fingerprint density at radius 3 is 2.59 bits per heavy atom. The van der Waals surface area contributed by atoms with Gasteiger partial charge in [0.2, 0.25) is 11.1 Å². The monoisotopic (exact) mass is 470 g/mol. The highest BCUT2D eigenvalue weighted by molar-refractivity contribution is 7.99. The van der Waals surface area contributed by atoms with Crippen LogP contribution in [0.5, 0.6) is 11.5 Å². The molecule has 1 N–H and O–H groups in total. The van der Waals surface area contributed by atoms with E-state index in [1.54, 1.807) is 0 Å². The predicted molar refractivity (Wildman–Crippen MR) is 105 cm³/mol. The molecule has 0 atom stereocenters. The molecule has 168 valence electrons. The Bertz CT molecular complexity index is 1120. The third-order valence-electron chi connectivity index (χ3n) is 3.76. The molecule has 3 aromatic rings. The minimum absolute atomic E-state index is 0.114. The van der Waals surface area contributed by atoms with Crippen molar-refractivity contribution >= 4 is 29.0 Å². The van der Waals surface area contributed by atoms with Gasteiger partial charge in [0.05, 0.1) is 35.2 Å². The van der Waals surface area contributed by atoms with Crippen LogP contribution in [-0.2, 0) is 4.79 Å². The van der Waals surface area contributed by atoms with Crippen molar-refractivity contribution in [2.24, 2.45) is 0 Å². The molecule has 0 saturated heterocycles. The maximum Gasteiger partial charge on any atom is 0.573 e. The van der Waals surface area contributed by atoms with Gasteiger partial charge in [0.1, 0.15) is 11.5 Å². The number of nitrogens with one attached hydrogen (secondary N) is 1. The normalized spacial score (nSPS) is 11.1. The molecule has 0 unspecified atom stereocenters. The van der Waals surface area contributed by atoms with Crippen LogP contribution in [0.1, 0.15) is 0 Å². The molecule has 11 nitrogen and oxygen atoms in total. The average molecular weight is 470 g/mol. The molecule has 0 spiro atoms. The highest BCUT2D eigenvalue weighted by Gasteiger charge is 2.31. The van der Waals surface area contributed by atoms with E-state index in [4.69, 9.17) is 4.74 Å². The van der Waals surface area contributed by atoms with Crippen molar-refractivity contribution in [2.45, 2.75) is 11.5 Å². The largest absolute Gasteiger partial charge is 0.573 e. The molecule has 0 aliphatic rings. The van der Waals surface area contributed by atoms with Crippen LogP contribution < -0.4 is 14.8 Å². The SMILES string of the molecule is COc1cc([N+](=O)[O-])ccc1NC(=O)CSc1nnnn1-c1ccc(OC(F)(F)F)cc1. The molecule has 0 bridgehead atoms. The van der Waals surface area contributed by atoms with Gasteiger partial charge in [-0.15, -0.1) is 18.3 Å². The molecule has 1 amide bonds. The van der Waals surface area contributed by atoms with Crippen molar-refractivity contribution in [3.63, 3.8) is 0 Å². The highest BCUT2D eigenvalue weighted by atomic mass is 32.2. The number of halogens is 3. The molecule has 0 radical (unpaired) electrons. The number of non-ortho nitro benzene ring substituents is 1. The number of methoxy groups -OCH3 is 1. The van der Waals surface area contributed by atoms with Crippen molar-refractivity contribution in [3.05, 3.63) is 52.6 Å². The molecule has 0 aliphatic carbocycles. The first kappa shape index (κ1) is 22.8. The third-order valence-corrected chi connectivity index (χ3v) is 4.68. The summed E-state index contributed by atoms with van der Waals surface area (Å²) in [7, 11) is 1.31. The number of hydrogen-bond donors (Lipinski definition) is 1. The van der Waals surface area contributed by atoms with Gasteiger partial charge in [-0.3, -0.25) is 14.9 Å². The van der Waals surface area contributed by atoms with Crippen molar-refractivity contribution in [1.82, 2.24) is 20.2 Å². The van der Waals surface area contributed by atoms with E-state index in [1.807, 2.05) is 0 Å². The number of rotatable bonds is 8. The molecule has 3 rings (SSSR count). The van der Waals surface area contributed by atoms with Crippen molar-refractivity contribution in [2.75, 3.05) is 18.2 Å². The van der Waals surface area contributed by atoms with E-state index in [0.717, 1.165) is 23.9 Å². The quantitative estimate of drug-likeness (QED) is 0.299.